The first-order chi connectivity index (χ1) is 4.41. The van der Waals surface area contributed by atoms with Crippen LogP contribution in [0.1, 0.15) is 0 Å². The summed E-state index contributed by atoms with van der Waals surface area (Å²) < 4.78 is 1.84. The summed E-state index contributed by atoms with van der Waals surface area (Å²) in [4.78, 5) is 0. The second-order valence-corrected chi connectivity index (χ2v) is 4.13. The minimum absolute atomic E-state index is 0. The SMILES string of the molecule is [CH2-][N+]1(C)CC[N+]([CH2-])(C)CC1.[Mn+2]. The van der Waals surface area contributed by atoms with Crippen molar-refractivity contribution >= 4 is 0 Å². The minimum atomic E-state index is 0. The molecule has 1 fully saturated rings. The Morgan fingerprint density at radius 3 is 1.18 bits per heavy atom. The van der Waals surface area contributed by atoms with Gasteiger partial charge in [-0.15, -0.1) is 14.1 Å². The van der Waals surface area contributed by atoms with Gasteiger partial charge in [-0.1, -0.05) is 0 Å². The van der Waals surface area contributed by atoms with Gasteiger partial charge in [-0.3, -0.25) is 0 Å². The van der Waals surface area contributed by atoms with Gasteiger partial charge in [0.05, 0.1) is 0 Å². The molecule has 0 aromatic carbocycles. The average molecular weight is 197 g/mol. The van der Waals surface area contributed by atoms with Crippen LogP contribution >= 0.6 is 0 Å². The molecular formula is C8H18MnN2+2. The maximum absolute atomic E-state index is 4.09. The Balaban J connectivity index is 0.000001000. The molecule has 3 heteroatoms. The van der Waals surface area contributed by atoms with Crippen LogP contribution in [0.2, 0.25) is 0 Å². The van der Waals surface area contributed by atoms with Crippen LogP contribution < -0.4 is 0 Å². The molecule has 0 aromatic rings. The van der Waals surface area contributed by atoms with Gasteiger partial charge in [0.25, 0.3) is 0 Å². The topological polar surface area (TPSA) is 0 Å². The second-order valence-electron chi connectivity index (χ2n) is 4.13. The largest absolute Gasteiger partial charge is 2.00 e. The number of likely N-dealkylation sites (N-methyl/N-ethyl adjacent to an activating group) is 2. The van der Waals surface area contributed by atoms with Crippen LogP contribution in [0.5, 0.6) is 0 Å². The zero-order valence-electron chi connectivity index (χ0n) is 7.52. The summed E-state index contributed by atoms with van der Waals surface area (Å²) in [5.74, 6) is 0. The Kier molecular flexibility index (Phi) is 3.58. The van der Waals surface area contributed by atoms with Crippen molar-refractivity contribution in [2.75, 3.05) is 40.3 Å². The molecule has 0 aromatic heterocycles. The van der Waals surface area contributed by atoms with E-state index in [1.165, 1.54) is 0 Å². The third kappa shape index (κ3) is 3.57. The maximum Gasteiger partial charge on any atom is 2.00 e. The molecule has 0 unspecified atom stereocenters. The molecule has 2 nitrogen and oxygen atoms in total. The third-order valence-electron chi connectivity index (χ3n) is 2.36. The van der Waals surface area contributed by atoms with Crippen molar-refractivity contribution in [1.29, 1.82) is 0 Å². The summed E-state index contributed by atoms with van der Waals surface area (Å²) in [5, 5.41) is 0. The van der Waals surface area contributed by atoms with Crippen LogP contribution in [0.15, 0.2) is 0 Å². The Morgan fingerprint density at radius 2 is 1.00 bits per heavy atom. The zero-order chi connectivity index (χ0) is 7.83. The first-order valence-corrected chi connectivity index (χ1v) is 3.79. The molecule has 1 rings (SSSR count). The van der Waals surface area contributed by atoms with Crippen molar-refractivity contribution in [1.82, 2.24) is 0 Å². The smallest absolute Gasteiger partial charge is 0.450 e. The first kappa shape index (κ1) is 11.4. The monoisotopic (exact) mass is 197 g/mol. The zero-order valence-corrected chi connectivity index (χ0v) is 8.70. The fourth-order valence-electron chi connectivity index (χ4n) is 1.19. The minimum Gasteiger partial charge on any atom is -0.450 e. The van der Waals surface area contributed by atoms with Crippen LogP contribution in [0, 0.1) is 14.1 Å². The quantitative estimate of drug-likeness (QED) is 0.301. The van der Waals surface area contributed by atoms with Gasteiger partial charge in [-0.25, -0.2) is 0 Å². The fourth-order valence-corrected chi connectivity index (χ4v) is 1.19. The molecule has 11 heavy (non-hydrogen) atoms. The predicted octanol–water partition coefficient (Wildman–Crippen LogP) is 0.474. The van der Waals surface area contributed by atoms with E-state index in [-0.39, 0.29) is 17.1 Å². The van der Waals surface area contributed by atoms with Gasteiger partial charge in [-0.2, -0.15) is 0 Å². The van der Waals surface area contributed by atoms with Crippen molar-refractivity contribution in [2.45, 2.75) is 0 Å². The normalized spacial score (nSPS) is 44.7. The predicted molar refractivity (Wildman–Crippen MR) is 42.6 cm³/mol. The van der Waals surface area contributed by atoms with Crippen LogP contribution in [-0.4, -0.2) is 49.2 Å². The molecule has 1 aliphatic rings. The summed E-state index contributed by atoms with van der Waals surface area (Å²) in [6, 6.07) is 0. The summed E-state index contributed by atoms with van der Waals surface area (Å²) >= 11 is 0. The molecule has 1 aliphatic heterocycles. The van der Waals surface area contributed by atoms with Crippen molar-refractivity contribution < 1.29 is 26.0 Å². The Hall–Kier alpha value is 0.439. The number of rotatable bonds is 0. The molecule has 0 atom stereocenters. The van der Waals surface area contributed by atoms with Crippen LogP contribution in [0.25, 0.3) is 0 Å². The van der Waals surface area contributed by atoms with E-state index in [4.69, 9.17) is 0 Å². The van der Waals surface area contributed by atoms with Gasteiger partial charge in [0.1, 0.15) is 26.2 Å². The van der Waals surface area contributed by atoms with Gasteiger partial charge >= 0.3 is 17.1 Å². The number of piperazine rings is 1. The first-order valence-electron chi connectivity index (χ1n) is 3.79. The molecule has 0 amide bonds. The summed E-state index contributed by atoms with van der Waals surface area (Å²) in [6.45, 7) is 4.61. The molecular weight excluding hydrogens is 179 g/mol. The Labute approximate surface area is 80.8 Å². The number of quaternary nitrogens is 2. The van der Waals surface area contributed by atoms with E-state index < -0.39 is 0 Å². The fraction of sp³-hybridized carbons (Fsp3) is 0.750. The summed E-state index contributed by atoms with van der Waals surface area (Å²) in [5.41, 5.74) is 0. The van der Waals surface area contributed by atoms with Gasteiger partial charge in [0.15, 0.2) is 0 Å². The van der Waals surface area contributed by atoms with Crippen LogP contribution in [-0.2, 0) is 17.1 Å². The Morgan fingerprint density at radius 1 is 0.818 bits per heavy atom. The molecule has 0 spiro atoms. The molecule has 65 valence electrons. The van der Waals surface area contributed by atoms with E-state index in [2.05, 4.69) is 28.2 Å². The number of hydrogen-bond donors (Lipinski definition) is 0. The van der Waals surface area contributed by atoms with E-state index >= 15 is 0 Å². The van der Waals surface area contributed by atoms with Crippen molar-refractivity contribution in [3.63, 3.8) is 0 Å². The van der Waals surface area contributed by atoms with Crippen molar-refractivity contribution in [3.05, 3.63) is 14.1 Å². The van der Waals surface area contributed by atoms with Crippen molar-refractivity contribution in [2.24, 2.45) is 0 Å². The molecule has 0 saturated carbocycles. The number of hydrogen-bond acceptors (Lipinski definition) is 0. The molecule has 1 radical (unpaired) electrons. The Bertz CT molecular complexity index is 104. The molecule has 1 heterocycles. The second kappa shape index (κ2) is 3.44. The van der Waals surface area contributed by atoms with Crippen LogP contribution in [0.4, 0.5) is 0 Å². The van der Waals surface area contributed by atoms with Gasteiger partial charge in [-0.05, 0) is 0 Å². The maximum atomic E-state index is 4.09. The van der Waals surface area contributed by atoms with E-state index in [9.17, 15) is 0 Å². The summed E-state index contributed by atoms with van der Waals surface area (Å²) in [7, 11) is 12.5. The molecule has 0 aliphatic carbocycles. The van der Waals surface area contributed by atoms with E-state index in [0.29, 0.717) is 0 Å². The van der Waals surface area contributed by atoms with E-state index in [1.807, 2.05) is 0 Å². The average Bonchev–Trinajstić information content (AvgIpc) is 1.79. The molecule has 1 saturated heterocycles. The third-order valence-corrected chi connectivity index (χ3v) is 2.36. The molecule has 0 bridgehead atoms. The van der Waals surface area contributed by atoms with Gasteiger partial charge < -0.3 is 8.97 Å². The molecule has 0 N–H and O–H groups in total. The standard InChI is InChI=1S/C8H18N2.Mn/c1-9(2)5-7-10(3,4)8-6-9;/h1,3,5-8H2,2,4H3;/q;+2. The number of nitrogens with zero attached hydrogens (tertiary/aromatic N) is 2. The van der Waals surface area contributed by atoms with Gasteiger partial charge in [0, 0.05) is 14.1 Å². The van der Waals surface area contributed by atoms with Crippen LogP contribution in [0.3, 0.4) is 0 Å². The van der Waals surface area contributed by atoms with Crippen molar-refractivity contribution in [3.8, 4) is 0 Å². The van der Waals surface area contributed by atoms with E-state index in [1.54, 1.807) is 0 Å². The summed E-state index contributed by atoms with van der Waals surface area (Å²) in [6.07, 6.45) is 0. The van der Waals surface area contributed by atoms with E-state index in [0.717, 1.165) is 35.1 Å². The van der Waals surface area contributed by atoms with Gasteiger partial charge in [0.2, 0.25) is 0 Å².